The van der Waals surface area contributed by atoms with Gasteiger partial charge in [-0.05, 0) is 54.3 Å². The summed E-state index contributed by atoms with van der Waals surface area (Å²) in [6, 6.07) is 6.10. The summed E-state index contributed by atoms with van der Waals surface area (Å²) in [5, 5.41) is 5.36. The van der Waals surface area contributed by atoms with E-state index in [-0.39, 0.29) is 41.4 Å². The van der Waals surface area contributed by atoms with Crippen molar-refractivity contribution in [1.29, 1.82) is 0 Å². The number of nitrogens with zero attached hydrogens (tertiary/aromatic N) is 2. The third kappa shape index (κ3) is 3.79. The Balaban J connectivity index is 1.29. The monoisotopic (exact) mass is 522 g/mol. The second kappa shape index (κ2) is 8.62. The average molecular weight is 523 g/mol. The Labute approximate surface area is 215 Å². The fraction of sp³-hybridized carbons (Fsp3) is 0.333. The molecule has 2 aromatic carbocycles. The Hall–Kier alpha value is -4.33. The largest absolute Gasteiger partial charge is 0.350 e. The molecule has 194 valence electrons. The van der Waals surface area contributed by atoms with Crippen molar-refractivity contribution in [2.45, 2.75) is 43.3 Å². The van der Waals surface area contributed by atoms with Gasteiger partial charge in [0.25, 0.3) is 18.4 Å². The van der Waals surface area contributed by atoms with Gasteiger partial charge in [0.1, 0.15) is 34.6 Å². The molecule has 1 aliphatic carbocycles. The molecule has 1 saturated carbocycles. The molecule has 11 heteroatoms. The molecule has 6 rings (SSSR count). The SMILES string of the molecule is C#[N+][C@@H]1C[C@@]2(CN1C(=O)[C@H](CC1CC1)NC(=O)c1cc3c(F)ccc(F)c3[nH]1)C(=O)Nc1ccc(F)cc12. The van der Waals surface area contributed by atoms with Gasteiger partial charge in [0.2, 0.25) is 5.91 Å². The summed E-state index contributed by atoms with van der Waals surface area (Å²) in [6.45, 7) is 5.55. The molecule has 3 aromatic rings. The highest BCUT2D eigenvalue weighted by Gasteiger charge is 2.60. The molecular weight excluding hydrogens is 499 g/mol. The summed E-state index contributed by atoms with van der Waals surface area (Å²) in [4.78, 5) is 47.8. The van der Waals surface area contributed by atoms with Crippen molar-refractivity contribution in [2.75, 3.05) is 11.9 Å². The van der Waals surface area contributed by atoms with Crippen molar-refractivity contribution in [3.8, 4) is 6.57 Å². The van der Waals surface area contributed by atoms with Crippen LogP contribution in [0.4, 0.5) is 18.9 Å². The highest BCUT2D eigenvalue weighted by atomic mass is 19.1. The summed E-state index contributed by atoms with van der Waals surface area (Å²) in [5.41, 5.74) is -0.600. The topological polar surface area (TPSA) is 98.7 Å². The van der Waals surface area contributed by atoms with E-state index < -0.39 is 46.9 Å². The summed E-state index contributed by atoms with van der Waals surface area (Å²) in [6.07, 6.45) is 1.31. The fourth-order valence-electron chi connectivity index (χ4n) is 5.60. The number of carbonyl (C=O) groups is 3. The molecule has 1 aromatic heterocycles. The van der Waals surface area contributed by atoms with E-state index in [1.807, 2.05) is 0 Å². The Bertz CT molecular complexity index is 1520. The van der Waals surface area contributed by atoms with Gasteiger partial charge in [0.15, 0.2) is 0 Å². The van der Waals surface area contributed by atoms with E-state index in [2.05, 4.69) is 20.5 Å². The van der Waals surface area contributed by atoms with Crippen LogP contribution in [-0.2, 0) is 15.0 Å². The number of aromatic amines is 1. The number of benzene rings is 2. The first kappa shape index (κ1) is 24.0. The molecule has 3 amide bonds. The van der Waals surface area contributed by atoms with Crippen LogP contribution in [0.2, 0.25) is 0 Å². The molecule has 2 aliphatic heterocycles. The van der Waals surface area contributed by atoms with E-state index in [0.717, 1.165) is 25.0 Å². The molecule has 38 heavy (non-hydrogen) atoms. The van der Waals surface area contributed by atoms with Crippen molar-refractivity contribution >= 4 is 34.3 Å². The van der Waals surface area contributed by atoms with Crippen LogP contribution in [0.1, 0.15) is 41.7 Å². The molecule has 0 unspecified atom stereocenters. The van der Waals surface area contributed by atoms with Crippen LogP contribution in [0.15, 0.2) is 36.4 Å². The van der Waals surface area contributed by atoms with E-state index in [4.69, 9.17) is 6.57 Å². The standard InChI is InChI=1S/C27H22F3N5O3/c1-31-22-11-27(16-9-14(28)4-7-19(16)34-26(27)38)12-35(22)25(37)21(8-13-2-3-13)33-24(36)20-10-15-17(29)5-6-18(30)23(15)32-20/h1,4-7,9-10,13,21-22H,2-3,8,11-12H2,(H2-,32,33,34,36,38)/p+1/t21-,22-,27-/m0/s1. The van der Waals surface area contributed by atoms with Crippen molar-refractivity contribution in [1.82, 2.24) is 15.2 Å². The smallest absolute Gasteiger partial charge is 0.348 e. The van der Waals surface area contributed by atoms with Crippen molar-refractivity contribution in [3.05, 3.63) is 70.0 Å². The van der Waals surface area contributed by atoms with E-state index in [9.17, 15) is 27.6 Å². The number of likely N-dealkylation sites (tertiary alicyclic amines) is 1. The number of nitrogens with one attached hydrogen (secondary N) is 3. The van der Waals surface area contributed by atoms with Crippen LogP contribution in [0, 0.1) is 29.9 Å². The van der Waals surface area contributed by atoms with E-state index >= 15 is 0 Å². The molecule has 1 spiro atoms. The second-order valence-electron chi connectivity index (χ2n) is 10.2. The zero-order chi connectivity index (χ0) is 26.8. The van der Waals surface area contributed by atoms with Gasteiger partial charge in [-0.15, -0.1) is 0 Å². The van der Waals surface area contributed by atoms with Gasteiger partial charge in [0.05, 0.1) is 11.9 Å². The summed E-state index contributed by atoms with van der Waals surface area (Å²) in [7, 11) is 0. The highest BCUT2D eigenvalue weighted by molar-refractivity contribution is 6.07. The Morgan fingerprint density at radius 3 is 2.63 bits per heavy atom. The number of H-pyrrole nitrogens is 1. The Kier molecular flexibility index (Phi) is 5.45. The van der Waals surface area contributed by atoms with E-state index in [1.54, 1.807) is 0 Å². The molecule has 2 fully saturated rings. The van der Waals surface area contributed by atoms with Crippen molar-refractivity contribution in [2.24, 2.45) is 5.92 Å². The molecule has 0 bridgehead atoms. The predicted octanol–water partition coefficient (Wildman–Crippen LogP) is 3.89. The maximum atomic E-state index is 14.2. The Morgan fingerprint density at radius 2 is 1.92 bits per heavy atom. The number of fused-ring (bicyclic) bond motifs is 3. The summed E-state index contributed by atoms with van der Waals surface area (Å²) < 4.78 is 42.4. The molecular formula is C27H23F3N5O3+. The number of aromatic nitrogens is 1. The first-order chi connectivity index (χ1) is 18.2. The minimum Gasteiger partial charge on any atom is -0.348 e. The number of amides is 3. The summed E-state index contributed by atoms with van der Waals surface area (Å²) >= 11 is 0. The fourth-order valence-corrected chi connectivity index (χ4v) is 5.60. The van der Waals surface area contributed by atoms with Crippen LogP contribution >= 0.6 is 0 Å². The first-order valence-corrected chi connectivity index (χ1v) is 12.3. The number of hydrogen-bond donors (Lipinski definition) is 3. The third-order valence-corrected chi connectivity index (χ3v) is 7.77. The van der Waals surface area contributed by atoms with Gasteiger partial charge < -0.3 is 15.6 Å². The first-order valence-electron chi connectivity index (χ1n) is 12.3. The third-order valence-electron chi connectivity index (χ3n) is 7.77. The normalized spacial score (nSPS) is 22.8. The minimum atomic E-state index is -1.24. The lowest BCUT2D eigenvalue weighted by Crippen LogP contribution is -2.51. The zero-order valence-corrected chi connectivity index (χ0v) is 20.1. The number of carbonyl (C=O) groups excluding carboxylic acids is 3. The zero-order valence-electron chi connectivity index (χ0n) is 20.1. The van der Waals surface area contributed by atoms with Crippen molar-refractivity contribution in [3.63, 3.8) is 0 Å². The van der Waals surface area contributed by atoms with Crippen LogP contribution < -0.4 is 10.6 Å². The quantitative estimate of drug-likeness (QED) is 0.474. The molecule has 8 nitrogen and oxygen atoms in total. The molecule has 3 N–H and O–H groups in total. The molecule has 3 aliphatic rings. The molecule has 3 atom stereocenters. The van der Waals surface area contributed by atoms with Gasteiger partial charge in [-0.2, -0.15) is 0 Å². The van der Waals surface area contributed by atoms with Gasteiger partial charge >= 0.3 is 6.17 Å². The predicted molar refractivity (Wildman–Crippen MR) is 132 cm³/mol. The van der Waals surface area contributed by atoms with E-state index in [0.29, 0.717) is 17.7 Å². The molecule has 1 saturated heterocycles. The van der Waals surface area contributed by atoms with Crippen LogP contribution in [-0.4, -0.2) is 46.4 Å². The second-order valence-corrected chi connectivity index (χ2v) is 10.2. The van der Waals surface area contributed by atoms with Crippen LogP contribution in [0.5, 0.6) is 0 Å². The lowest BCUT2D eigenvalue weighted by Gasteiger charge is -2.25. The van der Waals surface area contributed by atoms with Gasteiger partial charge in [-0.25, -0.2) is 13.2 Å². The molecule has 0 radical (unpaired) electrons. The average Bonchev–Trinajstić information content (AvgIpc) is 3.35. The van der Waals surface area contributed by atoms with E-state index in [1.165, 1.54) is 29.2 Å². The van der Waals surface area contributed by atoms with Crippen molar-refractivity contribution < 1.29 is 27.6 Å². The lowest BCUT2D eigenvalue weighted by atomic mass is 9.80. The number of halogens is 3. The van der Waals surface area contributed by atoms with Crippen LogP contribution in [0.25, 0.3) is 15.7 Å². The van der Waals surface area contributed by atoms with Gasteiger partial charge in [-0.1, -0.05) is 17.7 Å². The lowest BCUT2D eigenvalue weighted by molar-refractivity contribution is -0.134. The van der Waals surface area contributed by atoms with Gasteiger partial charge in [0, 0.05) is 17.6 Å². The number of anilines is 1. The van der Waals surface area contributed by atoms with Gasteiger partial charge in [-0.3, -0.25) is 19.3 Å². The van der Waals surface area contributed by atoms with Crippen LogP contribution in [0.3, 0.4) is 0 Å². The maximum absolute atomic E-state index is 14.2. The maximum Gasteiger partial charge on any atom is 0.350 e. The molecule has 3 heterocycles. The Morgan fingerprint density at radius 1 is 1.16 bits per heavy atom. The number of hydrogen-bond acceptors (Lipinski definition) is 3. The number of rotatable bonds is 5. The minimum absolute atomic E-state index is 0.0577. The highest BCUT2D eigenvalue weighted by Crippen LogP contribution is 2.47. The summed E-state index contributed by atoms with van der Waals surface area (Å²) in [5.74, 6) is -3.29.